The molecule has 3 atom stereocenters. The zero-order chi connectivity index (χ0) is 15.9. The van der Waals surface area contributed by atoms with E-state index in [1.165, 1.54) is 37.0 Å². The summed E-state index contributed by atoms with van der Waals surface area (Å²) < 4.78 is 0. The Hall–Kier alpha value is -1.10. The van der Waals surface area contributed by atoms with E-state index in [2.05, 4.69) is 24.5 Å². The normalized spacial score (nSPS) is 28.0. The number of hydrogen-bond donors (Lipinski definition) is 3. The molecule has 1 unspecified atom stereocenters. The van der Waals surface area contributed by atoms with Crippen molar-refractivity contribution in [2.24, 2.45) is 17.8 Å². The molecule has 0 spiro atoms. The first-order valence-electron chi connectivity index (χ1n) is 8.96. The Morgan fingerprint density at radius 2 is 1.86 bits per heavy atom. The molecule has 126 valence electrons. The number of carbonyl (C=O) groups is 2. The standard InChI is InChI=1S/C17H31N3O2/c1-13(2)7-9-18-17(22)19-16(21)12-20-10-8-14-5-3-4-6-15(14)11-20/h13-15H,3-12H2,1-2H3,(H2,18,19,21,22)/p+1/t14-,15-/m1/s1. The fraction of sp³-hybridized carbons (Fsp3) is 0.882. The monoisotopic (exact) mass is 310 g/mol. The van der Waals surface area contributed by atoms with Crippen molar-refractivity contribution in [3.05, 3.63) is 0 Å². The largest absolute Gasteiger partial charge is 0.338 e. The molecule has 1 heterocycles. The van der Waals surface area contributed by atoms with E-state index in [1.54, 1.807) is 0 Å². The van der Waals surface area contributed by atoms with E-state index in [9.17, 15) is 9.59 Å². The Morgan fingerprint density at radius 3 is 2.59 bits per heavy atom. The first kappa shape index (κ1) is 17.3. The average molecular weight is 310 g/mol. The molecule has 1 saturated heterocycles. The Bertz CT molecular complexity index is 384. The molecule has 5 nitrogen and oxygen atoms in total. The Labute approximate surface area is 134 Å². The topological polar surface area (TPSA) is 62.6 Å². The summed E-state index contributed by atoms with van der Waals surface area (Å²) in [5.74, 6) is 2.09. The van der Waals surface area contributed by atoms with Crippen molar-refractivity contribution in [2.75, 3.05) is 26.2 Å². The number of fused-ring (bicyclic) bond motifs is 1. The van der Waals surface area contributed by atoms with Crippen LogP contribution < -0.4 is 15.5 Å². The molecule has 22 heavy (non-hydrogen) atoms. The maximum atomic E-state index is 12.0. The van der Waals surface area contributed by atoms with E-state index in [0.29, 0.717) is 19.0 Å². The minimum atomic E-state index is -0.349. The zero-order valence-electron chi connectivity index (χ0n) is 14.1. The third-order valence-electron chi connectivity index (χ3n) is 5.16. The maximum Gasteiger partial charge on any atom is 0.321 e. The van der Waals surface area contributed by atoms with E-state index in [1.807, 2.05) is 0 Å². The van der Waals surface area contributed by atoms with Gasteiger partial charge in [-0.3, -0.25) is 10.1 Å². The van der Waals surface area contributed by atoms with Crippen molar-refractivity contribution in [1.29, 1.82) is 0 Å². The Kier molecular flexibility index (Phi) is 6.68. The van der Waals surface area contributed by atoms with Crippen molar-refractivity contribution in [1.82, 2.24) is 10.6 Å². The highest BCUT2D eigenvalue weighted by atomic mass is 16.2. The molecule has 2 aliphatic rings. The molecule has 0 aromatic heterocycles. The van der Waals surface area contributed by atoms with Gasteiger partial charge in [-0.15, -0.1) is 0 Å². The van der Waals surface area contributed by atoms with Crippen LogP contribution in [0.1, 0.15) is 52.4 Å². The molecule has 0 bridgehead atoms. The van der Waals surface area contributed by atoms with E-state index in [0.717, 1.165) is 31.3 Å². The van der Waals surface area contributed by atoms with Crippen LogP contribution in [0.2, 0.25) is 0 Å². The van der Waals surface area contributed by atoms with E-state index in [-0.39, 0.29) is 11.9 Å². The average Bonchev–Trinajstić information content (AvgIpc) is 2.46. The lowest BCUT2D eigenvalue weighted by molar-refractivity contribution is -0.902. The summed E-state index contributed by atoms with van der Waals surface area (Å²) in [5, 5.41) is 5.21. The lowest BCUT2D eigenvalue weighted by atomic mass is 9.75. The number of hydrogen-bond acceptors (Lipinski definition) is 2. The van der Waals surface area contributed by atoms with Crippen LogP contribution in [0.3, 0.4) is 0 Å². The van der Waals surface area contributed by atoms with Crippen LogP contribution in [0.15, 0.2) is 0 Å². The van der Waals surface area contributed by atoms with Gasteiger partial charge in [0.2, 0.25) is 0 Å². The SMILES string of the molecule is CC(C)CCNC(=O)NC(=O)C[NH+]1CC[C@H]2CCCC[C@@H]2C1. The third-order valence-corrected chi connectivity index (χ3v) is 5.16. The van der Waals surface area contributed by atoms with Crippen molar-refractivity contribution in [2.45, 2.75) is 52.4 Å². The lowest BCUT2D eigenvalue weighted by Crippen LogP contribution is -3.15. The molecular weight excluding hydrogens is 278 g/mol. The number of carbonyl (C=O) groups excluding carboxylic acids is 2. The summed E-state index contributed by atoms with van der Waals surface area (Å²) >= 11 is 0. The third kappa shape index (κ3) is 5.59. The number of amides is 3. The van der Waals surface area contributed by atoms with Gasteiger partial charge >= 0.3 is 6.03 Å². The molecular formula is C17H32N3O2+. The summed E-state index contributed by atoms with van der Waals surface area (Å²) in [6.07, 6.45) is 7.61. The summed E-state index contributed by atoms with van der Waals surface area (Å²) in [6.45, 7) is 7.46. The summed E-state index contributed by atoms with van der Waals surface area (Å²) in [4.78, 5) is 25.0. The molecule has 3 amide bonds. The van der Waals surface area contributed by atoms with Crippen molar-refractivity contribution < 1.29 is 14.5 Å². The number of imide groups is 1. The van der Waals surface area contributed by atoms with E-state index < -0.39 is 0 Å². The van der Waals surface area contributed by atoms with Gasteiger partial charge in [0, 0.05) is 12.5 Å². The van der Waals surface area contributed by atoms with Gasteiger partial charge in [-0.05, 0) is 37.5 Å². The second-order valence-corrected chi connectivity index (χ2v) is 7.46. The van der Waals surface area contributed by atoms with Crippen LogP contribution in [0.25, 0.3) is 0 Å². The van der Waals surface area contributed by atoms with Crippen LogP contribution in [-0.2, 0) is 4.79 Å². The Morgan fingerprint density at radius 1 is 1.14 bits per heavy atom. The highest BCUT2D eigenvalue weighted by Crippen LogP contribution is 2.32. The number of nitrogens with one attached hydrogen (secondary N) is 3. The first-order valence-corrected chi connectivity index (χ1v) is 8.96. The fourth-order valence-corrected chi connectivity index (χ4v) is 3.87. The van der Waals surface area contributed by atoms with Crippen LogP contribution in [0.5, 0.6) is 0 Å². The first-order chi connectivity index (χ1) is 10.5. The van der Waals surface area contributed by atoms with Gasteiger partial charge in [0.1, 0.15) is 0 Å². The highest BCUT2D eigenvalue weighted by Gasteiger charge is 2.34. The number of likely N-dealkylation sites (tertiary alicyclic amines) is 1. The van der Waals surface area contributed by atoms with E-state index >= 15 is 0 Å². The van der Waals surface area contributed by atoms with Gasteiger partial charge in [0.25, 0.3) is 5.91 Å². The van der Waals surface area contributed by atoms with Crippen LogP contribution >= 0.6 is 0 Å². The molecule has 0 aromatic carbocycles. The molecule has 3 N–H and O–H groups in total. The molecule has 5 heteroatoms. The quantitative estimate of drug-likeness (QED) is 0.708. The summed E-state index contributed by atoms with van der Waals surface area (Å²) in [5.41, 5.74) is 0. The predicted molar refractivity (Wildman–Crippen MR) is 86.6 cm³/mol. The van der Waals surface area contributed by atoms with E-state index in [4.69, 9.17) is 0 Å². The molecule has 2 fully saturated rings. The summed E-state index contributed by atoms with van der Waals surface area (Å²) in [7, 11) is 0. The zero-order valence-corrected chi connectivity index (χ0v) is 14.1. The molecule has 0 radical (unpaired) electrons. The van der Waals surface area contributed by atoms with Gasteiger partial charge in [-0.1, -0.05) is 26.7 Å². The van der Waals surface area contributed by atoms with Crippen molar-refractivity contribution in [3.8, 4) is 0 Å². The molecule has 0 aromatic rings. The maximum absolute atomic E-state index is 12.0. The second-order valence-electron chi connectivity index (χ2n) is 7.46. The van der Waals surface area contributed by atoms with Gasteiger partial charge in [-0.2, -0.15) is 0 Å². The smallest absolute Gasteiger partial charge is 0.321 e. The number of piperidine rings is 1. The van der Waals surface area contributed by atoms with Crippen molar-refractivity contribution in [3.63, 3.8) is 0 Å². The predicted octanol–water partition coefficient (Wildman–Crippen LogP) is 0.953. The molecule has 1 aliphatic heterocycles. The molecule has 2 rings (SSSR count). The highest BCUT2D eigenvalue weighted by molar-refractivity contribution is 5.94. The summed E-state index contributed by atoms with van der Waals surface area (Å²) in [6, 6.07) is -0.349. The van der Waals surface area contributed by atoms with Gasteiger partial charge in [0.05, 0.1) is 13.1 Å². The fourth-order valence-electron chi connectivity index (χ4n) is 3.87. The van der Waals surface area contributed by atoms with Crippen LogP contribution in [0.4, 0.5) is 4.79 Å². The lowest BCUT2D eigenvalue weighted by Gasteiger charge is -2.38. The second kappa shape index (κ2) is 8.51. The number of rotatable bonds is 5. The Balaban J connectivity index is 1.65. The minimum Gasteiger partial charge on any atom is -0.338 e. The van der Waals surface area contributed by atoms with Gasteiger partial charge in [-0.25, -0.2) is 4.79 Å². The number of urea groups is 1. The number of quaternary nitrogens is 1. The minimum absolute atomic E-state index is 0.147. The van der Waals surface area contributed by atoms with Gasteiger partial charge < -0.3 is 10.2 Å². The van der Waals surface area contributed by atoms with Gasteiger partial charge in [0.15, 0.2) is 6.54 Å². The van der Waals surface area contributed by atoms with Crippen LogP contribution in [-0.4, -0.2) is 38.1 Å². The van der Waals surface area contributed by atoms with Crippen LogP contribution in [0, 0.1) is 17.8 Å². The molecule has 1 aliphatic carbocycles. The molecule has 1 saturated carbocycles. The van der Waals surface area contributed by atoms with Crippen molar-refractivity contribution >= 4 is 11.9 Å².